The molecule has 1 aliphatic heterocycles. The van der Waals surface area contributed by atoms with Crippen molar-refractivity contribution < 1.29 is 14.3 Å². The Labute approximate surface area is 162 Å². The van der Waals surface area contributed by atoms with Crippen molar-refractivity contribution in [1.29, 1.82) is 0 Å². The van der Waals surface area contributed by atoms with E-state index in [4.69, 9.17) is 26.8 Å². The van der Waals surface area contributed by atoms with E-state index in [-0.39, 0.29) is 29.4 Å². The van der Waals surface area contributed by atoms with Gasteiger partial charge in [0.1, 0.15) is 16.7 Å². The molecule has 2 aromatic rings. The van der Waals surface area contributed by atoms with E-state index in [0.717, 1.165) is 22.6 Å². The molecule has 144 valence electrons. The number of rotatable bonds is 5. The molecular weight excluding hydrogens is 370 g/mol. The van der Waals surface area contributed by atoms with Gasteiger partial charge in [-0.3, -0.25) is 9.78 Å². The van der Waals surface area contributed by atoms with Crippen LogP contribution in [0.4, 0.5) is 11.8 Å². The van der Waals surface area contributed by atoms with E-state index < -0.39 is 0 Å². The molecule has 3 rings (SSSR count). The number of aromatic nitrogens is 3. The van der Waals surface area contributed by atoms with Crippen molar-refractivity contribution in [3.63, 3.8) is 0 Å². The van der Waals surface area contributed by atoms with E-state index in [2.05, 4.69) is 15.0 Å². The van der Waals surface area contributed by atoms with Crippen LogP contribution in [0.15, 0.2) is 6.20 Å². The molecule has 1 atom stereocenters. The van der Waals surface area contributed by atoms with Gasteiger partial charge in [-0.2, -0.15) is 4.98 Å². The molecule has 0 saturated heterocycles. The summed E-state index contributed by atoms with van der Waals surface area (Å²) in [6.07, 6.45) is 1.97. The Bertz CT molecular complexity index is 890. The summed E-state index contributed by atoms with van der Waals surface area (Å²) in [4.78, 5) is 26.8. The molecule has 3 heterocycles. The normalized spacial score (nSPS) is 15.6. The Hall–Kier alpha value is -2.61. The quantitative estimate of drug-likeness (QED) is 0.612. The number of pyridine rings is 1. The molecule has 0 radical (unpaired) electrons. The highest BCUT2D eigenvalue weighted by Crippen LogP contribution is 2.42. The third kappa shape index (κ3) is 3.62. The lowest BCUT2D eigenvalue weighted by atomic mass is 10.0. The molecule has 0 amide bonds. The minimum absolute atomic E-state index is 0.0913. The van der Waals surface area contributed by atoms with Gasteiger partial charge in [-0.25, -0.2) is 4.98 Å². The Kier molecular flexibility index (Phi) is 5.36. The van der Waals surface area contributed by atoms with Crippen LogP contribution in [0.3, 0.4) is 0 Å². The smallest absolute Gasteiger partial charge is 0.306 e. The summed E-state index contributed by atoms with van der Waals surface area (Å²) in [5.41, 5.74) is 9.30. The zero-order valence-corrected chi connectivity index (χ0v) is 16.5. The molecule has 9 heteroatoms. The highest BCUT2D eigenvalue weighted by atomic mass is 35.5. The molecule has 0 saturated carbocycles. The largest absolute Gasteiger partial charge is 0.496 e. The number of hydrogen-bond donors (Lipinski definition) is 1. The highest BCUT2D eigenvalue weighted by molar-refractivity contribution is 6.30. The lowest BCUT2D eigenvalue weighted by Gasteiger charge is -2.21. The van der Waals surface area contributed by atoms with Gasteiger partial charge < -0.3 is 20.1 Å². The van der Waals surface area contributed by atoms with Crippen LogP contribution in [0.25, 0.3) is 0 Å². The lowest BCUT2D eigenvalue weighted by Crippen LogP contribution is -2.24. The van der Waals surface area contributed by atoms with Crippen LogP contribution in [0.2, 0.25) is 5.15 Å². The van der Waals surface area contributed by atoms with Crippen molar-refractivity contribution in [1.82, 2.24) is 15.0 Å². The zero-order chi connectivity index (χ0) is 19.7. The van der Waals surface area contributed by atoms with E-state index in [1.165, 1.54) is 7.11 Å². The second-order valence-electron chi connectivity index (χ2n) is 6.51. The summed E-state index contributed by atoms with van der Waals surface area (Å²) >= 11 is 6.32. The Morgan fingerprint density at radius 2 is 2.11 bits per heavy atom. The lowest BCUT2D eigenvalue weighted by molar-refractivity contribution is -0.141. The predicted octanol–water partition coefficient (Wildman–Crippen LogP) is 2.40. The first-order valence-electron chi connectivity index (χ1n) is 8.49. The predicted molar refractivity (Wildman–Crippen MR) is 102 cm³/mol. The van der Waals surface area contributed by atoms with Crippen molar-refractivity contribution in [3.8, 4) is 5.75 Å². The molecule has 0 aliphatic carbocycles. The number of methoxy groups -OCH3 is 2. The first kappa shape index (κ1) is 19.2. The van der Waals surface area contributed by atoms with Gasteiger partial charge in [-0.1, -0.05) is 11.6 Å². The fourth-order valence-corrected chi connectivity index (χ4v) is 3.81. The van der Waals surface area contributed by atoms with Gasteiger partial charge in [0.2, 0.25) is 5.95 Å². The molecule has 0 fully saturated rings. The Morgan fingerprint density at radius 3 is 2.78 bits per heavy atom. The molecule has 1 unspecified atom stereocenters. The molecule has 0 spiro atoms. The standard InChI is InChI=1S/C18H22ClN5O3/c1-9-6-21-12(10(2)15(9)27-4)8-24-7-11(5-13(25)26-3)14-16(19)22-18(20)23-17(14)24/h6,11H,5,7-8H2,1-4H3,(H2,20,22,23). The molecule has 0 aromatic carbocycles. The van der Waals surface area contributed by atoms with E-state index in [9.17, 15) is 4.79 Å². The highest BCUT2D eigenvalue weighted by Gasteiger charge is 2.35. The van der Waals surface area contributed by atoms with E-state index in [1.54, 1.807) is 13.3 Å². The maximum Gasteiger partial charge on any atom is 0.306 e. The van der Waals surface area contributed by atoms with E-state index in [0.29, 0.717) is 24.5 Å². The third-order valence-electron chi connectivity index (χ3n) is 4.78. The number of ether oxygens (including phenoxy) is 2. The van der Waals surface area contributed by atoms with Crippen molar-refractivity contribution in [3.05, 3.63) is 33.7 Å². The van der Waals surface area contributed by atoms with Crippen LogP contribution >= 0.6 is 11.6 Å². The van der Waals surface area contributed by atoms with Crippen molar-refractivity contribution in [2.75, 3.05) is 31.4 Å². The topological polar surface area (TPSA) is 103 Å². The minimum Gasteiger partial charge on any atom is -0.496 e. The zero-order valence-electron chi connectivity index (χ0n) is 15.7. The Balaban J connectivity index is 1.97. The fourth-order valence-electron chi connectivity index (χ4n) is 3.48. The van der Waals surface area contributed by atoms with Gasteiger partial charge in [-0.15, -0.1) is 0 Å². The third-order valence-corrected chi connectivity index (χ3v) is 5.06. The number of anilines is 2. The summed E-state index contributed by atoms with van der Waals surface area (Å²) in [7, 11) is 3.01. The number of nitrogens with two attached hydrogens (primary N) is 1. The van der Waals surface area contributed by atoms with Gasteiger partial charge in [0, 0.05) is 35.3 Å². The fraction of sp³-hybridized carbons (Fsp3) is 0.444. The average molecular weight is 392 g/mol. The van der Waals surface area contributed by atoms with Crippen LogP contribution in [-0.2, 0) is 16.1 Å². The summed E-state index contributed by atoms with van der Waals surface area (Å²) in [6, 6.07) is 0. The minimum atomic E-state index is -0.313. The van der Waals surface area contributed by atoms with Gasteiger partial charge in [-0.05, 0) is 13.8 Å². The van der Waals surface area contributed by atoms with Crippen LogP contribution in [0.1, 0.15) is 34.7 Å². The Morgan fingerprint density at radius 1 is 1.37 bits per heavy atom. The van der Waals surface area contributed by atoms with Gasteiger partial charge >= 0.3 is 5.97 Å². The number of carbonyl (C=O) groups excluding carboxylic acids is 1. The van der Waals surface area contributed by atoms with Gasteiger partial charge in [0.15, 0.2) is 0 Å². The number of esters is 1. The number of fused-ring (bicyclic) bond motifs is 1. The maximum absolute atomic E-state index is 11.8. The summed E-state index contributed by atoms with van der Waals surface area (Å²) in [5, 5.41) is 0.264. The monoisotopic (exact) mass is 391 g/mol. The van der Waals surface area contributed by atoms with Crippen molar-refractivity contribution >= 4 is 29.3 Å². The number of hydrogen-bond acceptors (Lipinski definition) is 8. The van der Waals surface area contributed by atoms with E-state index >= 15 is 0 Å². The maximum atomic E-state index is 11.8. The molecular formula is C18H22ClN5O3. The molecule has 2 aromatic heterocycles. The second-order valence-corrected chi connectivity index (χ2v) is 6.87. The summed E-state index contributed by atoms with van der Waals surface area (Å²) in [5.74, 6) is 1.04. The number of halogens is 1. The van der Waals surface area contributed by atoms with Crippen molar-refractivity contribution in [2.24, 2.45) is 0 Å². The number of aryl methyl sites for hydroxylation is 1. The van der Waals surface area contributed by atoms with Gasteiger partial charge in [0.05, 0.1) is 32.9 Å². The average Bonchev–Trinajstić information content (AvgIpc) is 2.95. The van der Waals surface area contributed by atoms with Crippen LogP contribution < -0.4 is 15.4 Å². The second kappa shape index (κ2) is 7.56. The molecule has 2 N–H and O–H groups in total. The molecule has 0 bridgehead atoms. The van der Waals surface area contributed by atoms with Gasteiger partial charge in [0.25, 0.3) is 0 Å². The number of nitrogens with zero attached hydrogens (tertiary/aromatic N) is 4. The first-order chi connectivity index (χ1) is 12.8. The summed E-state index contributed by atoms with van der Waals surface area (Å²) < 4.78 is 10.3. The van der Waals surface area contributed by atoms with Crippen LogP contribution in [0.5, 0.6) is 5.75 Å². The summed E-state index contributed by atoms with van der Waals surface area (Å²) in [6.45, 7) is 4.95. The van der Waals surface area contributed by atoms with E-state index in [1.807, 2.05) is 18.7 Å². The van der Waals surface area contributed by atoms with Crippen LogP contribution in [0, 0.1) is 13.8 Å². The molecule has 1 aliphatic rings. The molecule has 27 heavy (non-hydrogen) atoms. The number of nitrogen functional groups attached to an aromatic ring is 1. The number of carbonyl (C=O) groups is 1. The van der Waals surface area contributed by atoms with Crippen molar-refractivity contribution in [2.45, 2.75) is 32.7 Å². The first-order valence-corrected chi connectivity index (χ1v) is 8.87. The van der Waals surface area contributed by atoms with Crippen LogP contribution in [-0.4, -0.2) is 41.7 Å². The molecule has 8 nitrogen and oxygen atoms in total. The SMILES string of the molecule is COC(=O)CC1CN(Cc2ncc(C)c(OC)c2C)c2nc(N)nc(Cl)c21.